The molecular formula is C12H16N4O. The summed E-state index contributed by atoms with van der Waals surface area (Å²) in [6.45, 7) is 2.69. The molecule has 90 valence electrons. The molecule has 0 unspecified atom stereocenters. The highest BCUT2D eigenvalue weighted by molar-refractivity contribution is 5.92. The van der Waals surface area contributed by atoms with E-state index in [1.54, 1.807) is 12.1 Å². The lowest BCUT2D eigenvalue weighted by atomic mass is 10.2. The molecule has 0 aliphatic carbocycles. The summed E-state index contributed by atoms with van der Waals surface area (Å²) in [5.74, 6) is 0. The van der Waals surface area contributed by atoms with Crippen molar-refractivity contribution >= 4 is 17.4 Å². The van der Waals surface area contributed by atoms with E-state index in [4.69, 9.17) is 11.0 Å². The lowest BCUT2D eigenvalue weighted by Gasteiger charge is -2.09. The van der Waals surface area contributed by atoms with Crippen molar-refractivity contribution in [3.8, 4) is 6.07 Å². The molecule has 1 aromatic rings. The maximum absolute atomic E-state index is 11.5. The topological polar surface area (TPSA) is 90.9 Å². The molecule has 5 heteroatoms. The number of amides is 2. The Labute approximate surface area is 101 Å². The molecule has 0 saturated heterocycles. The Morgan fingerprint density at radius 3 is 2.88 bits per heavy atom. The number of hydrogen-bond acceptors (Lipinski definition) is 3. The van der Waals surface area contributed by atoms with Gasteiger partial charge in [-0.25, -0.2) is 4.79 Å². The predicted molar refractivity (Wildman–Crippen MR) is 67.5 cm³/mol. The predicted octanol–water partition coefficient (Wildman–Crippen LogP) is 2.06. The summed E-state index contributed by atoms with van der Waals surface area (Å²) in [5.41, 5.74) is 7.07. The van der Waals surface area contributed by atoms with Crippen LogP contribution in [0.2, 0.25) is 0 Å². The molecule has 1 aromatic carbocycles. The van der Waals surface area contributed by atoms with Crippen LogP contribution in [0.4, 0.5) is 16.2 Å². The lowest BCUT2D eigenvalue weighted by molar-refractivity contribution is 0.252. The van der Waals surface area contributed by atoms with Crippen LogP contribution >= 0.6 is 0 Å². The number of nitriles is 1. The van der Waals surface area contributed by atoms with Gasteiger partial charge in [-0.3, -0.25) is 0 Å². The van der Waals surface area contributed by atoms with E-state index in [0.717, 1.165) is 12.8 Å². The third-order valence-corrected chi connectivity index (χ3v) is 2.24. The molecule has 0 aliphatic rings. The van der Waals surface area contributed by atoms with Gasteiger partial charge in [0, 0.05) is 6.54 Å². The maximum Gasteiger partial charge on any atom is 0.319 e. The van der Waals surface area contributed by atoms with E-state index in [2.05, 4.69) is 17.6 Å². The Morgan fingerprint density at radius 2 is 2.29 bits per heavy atom. The van der Waals surface area contributed by atoms with Gasteiger partial charge in [0.15, 0.2) is 0 Å². The smallest absolute Gasteiger partial charge is 0.319 e. The molecule has 0 atom stereocenters. The Kier molecular flexibility index (Phi) is 4.82. The average Bonchev–Trinajstić information content (AvgIpc) is 2.32. The van der Waals surface area contributed by atoms with Crippen LogP contribution in [0.5, 0.6) is 0 Å². The first-order chi connectivity index (χ1) is 8.17. The van der Waals surface area contributed by atoms with Gasteiger partial charge in [0.05, 0.1) is 23.0 Å². The normalized spacial score (nSPS) is 9.41. The first-order valence-electron chi connectivity index (χ1n) is 5.52. The number of nitrogens with two attached hydrogens (primary N) is 1. The number of benzene rings is 1. The van der Waals surface area contributed by atoms with Gasteiger partial charge in [0.1, 0.15) is 0 Å². The maximum atomic E-state index is 11.5. The highest BCUT2D eigenvalue weighted by atomic mass is 16.2. The van der Waals surface area contributed by atoms with Crippen LogP contribution in [0, 0.1) is 11.3 Å². The second kappa shape index (κ2) is 6.38. The zero-order valence-corrected chi connectivity index (χ0v) is 9.79. The molecule has 1 rings (SSSR count). The molecule has 17 heavy (non-hydrogen) atoms. The van der Waals surface area contributed by atoms with Gasteiger partial charge in [0.25, 0.3) is 0 Å². The molecule has 5 nitrogen and oxygen atoms in total. The van der Waals surface area contributed by atoms with Crippen LogP contribution in [-0.4, -0.2) is 12.6 Å². The Morgan fingerprint density at radius 1 is 1.53 bits per heavy atom. The van der Waals surface area contributed by atoms with Crippen LogP contribution in [0.1, 0.15) is 25.3 Å². The van der Waals surface area contributed by atoms with Gasteiger partial charge in [-0.05, 0) is 24.6 Å². The van der Waals surface area contributed by atoms with E-state index in [1.165, 1.54) is 6.07 Å². The third-order valence-electron chi connectivity index (χ3n) is 2.24. The number of nitrogen functional groups attached to an aromatic ring is 1. The standard InChI is InChI=1S/C12H16N4O/c1-2-3-6-15-12(17)16-11-5-4-9(8-13)7-10(11)14/h4-5,7H,2-3,6,14H2,1H3,(H2,15,16,17). The summed E-state index contributed by atoms with van der Waals surface area (Å²) in [5, 5.41) is 14.0. The van der Waals surface area contributed by atoms with Crippen LogP contribution in [-0.2, 0) is 0 Å². The molecule has 0 bridgehead atoms. The Balaban J connectivity index is 2.57. The molecule has 0 fully saturated rings. The minimum atomic E-state index is -0.283. The summed E-state index contributed by atoms with van der Waals surface area (Å²) in [7, 11) is 0. The fourth-order valence-electron chi connectivity index (χ4n) is 1.29. The number of unbranched alkanes of at least 4 members (excludes halogenated alkanes) is 1. The number of urea groups is 1. The second-order valence-corrected chi connectivity index (χ2v) is 3.65. The molecular weight excluding hydrogens is 216 g/mol. The number of rotatable bonds is 4. The number of carbonyl (C=O) groups excluding carboxylic acids is 1. The van der Waals surface area contributed by atoms with Crippen LogP contribution in [0.15, 0.2) is 18.2 Å². The van der Waals surface area contributed by atoms with Crippen molar-refractivity contribution in [2.75, 3.05) is 17.6 Å². The van der Waals surface area contributed by atoms with Gasteiger partial charge < -0.3 is 16.4 Å². The summed E-state index contributed by atoms with van der Waals surface area (Å²) in [6, 6.07) is 6.46. The quantitative estimate of drug-likeness (QED) is 0.548. The first kappa shape index (κ1) is 12.8. The van der Waals surface area contributed by atoms with E-state index in [0.29, 0.717) is 23.5 Å². The van der Waals surface area contributed by atoms with Gasteiger partial charge in [0.2, 0.25) is 0 Å². The van der Waals surface area contributed by atoms with E-state index in [-0.39, 0.29) is 6.03 Å². The van der Waals surface area contributed by atoms with Crippen molar-refractivity contribution in [2.24, 2.45) is 0 Å². The summed E-state index contributed by atoms with van der Waals surface area (Å²) >= 11 is 0. The zero-order chi connectivity index (χ0) is 12.7. The molecule has 2 amide bonds. The Hall–Kier alpha value is -2.22. The van der Waals surface area contributed by atoms with Crippen molar-refractivity contribution in [1.82, 2.24) is 5.32 Å². The van der Waals surface area contributed by atoms with Gasteiger partial charge in [-0.2, -0.15) is 5.26 Å². The molecule has 0 saturated carbocycles. The fourth-order valence-corrected chi connectivity index (χ4v) is 1.29. The minimum absolute atomic E-state index is 0.283. The first-order valence-corrected chi connectivity index (χ1v) is 5.52. The molecule has 0 heterocycles. The lowest BCUT2D eigenvalue weighted by Crippen LogP contribution is -2.29. The fraction of sp³-hybridized carbons (Fsp3) is 0.333. The van der Waals surface area contributed by atoms with Crippen molar-refractivity contribution in [1.29, 1.82) is 5.26 Å². The second-order valence-electron chi connectivity index (χ2n) is 3.65. The SMILES string of the molecule is CCCCNC(=O)Nc1ccc(C#N)cc1N. The average molecular weight is 232 g/mol. The van der Waals surface area contributed by atoms with Crippen molar-refractivity contribution in [3.05, 3.63) is 23.8 Å². The molecule has 0 spiro atoms. The number of nitrogens with zero attached hydrogens (tertiary/aromatic N) is 1. The molecule has 0 aliphatic heterocycles. The molecule has 0 radical (unpaired) electrons. The largest absolute Gasteiger partial charge is 0.397 e. The van der Waals surface area contributed by atoms with Crippen LogP contribution < -0.4 is 16.4 Å². The van der Waals surface area contributed by atoms with E-state index in [9.17, 15) is 4.79 Å². The number of anilines is 2. The number of hydrogen-bond donors (Lipinski definition) is 3. The minimum Gasteiger partial charge on any atom is -0.397 e. The van der Waals surface area contributed by atoms with Crippen molar-refractivity contribution in [3.63, 3.8) is 0 Å². The summed E-state index contributed by atoms with van der Waals surface area (Å²) < 4.78 is 0. The zero-order valence-electron chi connectivity index (χ0n) is 9.79. The van der Waals surface area contributed by atoms with E-state index < -0.39 is 0 Å². The van der Waals surface area contributed by atoms with Crippen LogP contribution in [0.3, 0.4) is 0 Å². The highest BCUT2D eigenvalue weighted by Gasteiger charge is 2.04. The van der Waals surface area contributed by atoms with Crippen molar-refractivity contribution in [2.45, 2.75) is 19.8 Å². The number of carbonyl (C=O) groups is 1. The van der Waals surface area contributed by atoms with Crippen molar-refractivity contribution < 1.29 is 4.79 Å². The van der Waals surface area contributed by atoms with E-state index in [1.807, 2.05) is 6.07 Å². The van der Waals surface area contributed by atoms with Gasteiger partial charge in [-0.15, -0.1) is 0 Å². The number of nitrogens with one attached hydrogen (secondary N) is 2. The van der Waals surface area contributed by atoms with Gasteiger partial charge >= 0.3 is 6.03 Å². The van der Waals surface area contributed by atoms with Crippen LogP contribution in [0.25, 0.3) is 0 Å². The summed E-state index contributed by atoms with van der Waals surface area (Å²) in [4.78, 5) is 11.5. The monoisotopic (exact) mass is 232 g/mol. The third kappa shape index (κ3) is 4.03. The Bertz CT molecular complexity index is 437. The molecule has 0 aromatic heterocycles. The molecule has 4 N–H and O–H groups in total. The highest BCUT2D eigenvalue weighted by Crippen LogP contribution is 2.19. The summed E-state index contributed by atoms with van der Waals surface area (Å²) in [6.07, 6.45) is 1.97. The van der Waals surface area contributed by atoms with Gasteiger partial charge in [-0.1, -0.05) is 13.3 Å². The van der Waals surface area contributed by atoms with E-state index >= 15 is 0 Å².